The number of hydrogen-bond donors (Lipinski definition) is 1. The Hall–Kier alpha value is -2.36. The van der Waals surface area contributed by atoms with Crippen molar-refractivity contribution in [3.05, 3.63) is 59.9 Å². The standard InChI is InChI=1S/C19H20FNO2/c1-23-17-9-7-16(8-10-17)21-18(22)19(11-2-3-12-19)14-5-4-6-15(20)13-14/h4-10,13H,2-3,11-12H2,1H3,(H,21,22). The molecule has 2 aromatic rings. The predicted molar refractivity (Wildman–Crippen MR) is 88.2 cm³/mol. The van der Waals surface area contributed by atoms with Crippen molar-refractivity contribution >= 4 is 11.6 Å². The summed E-state index contributed by atoms with van der Waals surface area (Å²) in [5.74, 6) is 0.375. The van der Waals surface area contributed by atoms with Gasteiger partial charge in [-0.05, 0) is 54.8 Å². The summed E-state index contributed by atoms with van der Waals surface area (Å²) in [6.45, 7) is 0. The van der Waals surface area contributed by atoms with E-state index in [1.165, 1.54) is 12.1 Å². The SMILES string of the molecule is COc1ccc(NC(=O)C2(c3cccc(F)c3)CCCC2)cc1. The fourth-order valence-electron chi connectivity index (χ4n) is 3.34. The van der Waals surface area contributed by atoms with Crippen LogP contribution in [0.2, 0.25) is 0 Å². The number of halogens is 1. The third kappa shape index (κ3) is 3.07. The van der Waals surface area contributed by atoms with E-state index in [-0.39, 0.29) is 11.7 Å². The molecule has 3 rings (SSSR count). The van der Waals surface area contributed by atoms with Gasteiger partial charge in [0.1, 0.15) is 11.6 Å². The number of carbonyl (C=O) groups excluding carboxylic acids is 1. The molecule has 1 saturated carbocycles. The highest BCUT2D eigenvalue weighted by atomic mass is 19.1. The topological polar surface area (TPSA) is 38.3 Å². The van der Waals surface area contributed by atoms with Gasteiger partial charge in [-0.15, -0.1) is 0 Å². The van der Waals surface area contributed by atoms with Crippen LogP contribution >= 0.6 is 0 Å². The average molecular weight is 313 g/mol. The van der Waals surface area contributed by atoms with Gasteiger partial charge >= 0.3 is 0 Å². The highest BCUT2D eigenvalue weighted by molar-refractivity contribution is 5.99. The van der Waals surface area contributed by atoms with Gasteiger partial charge in [0.15, 0.2) is 0 Å². The second-order valence-electron chi connectivity index (χ2n) is 5.98. The number of rotatable bonds is 4. The molecular weight excluding hydrogens is 293 g/mol. The highest BCUT2D eigenvalue weighted by Crippen LogP contribution is 2.42. The molecule has 0 saturated heterocycles. The predicted octanol–water partition coefficient (Wildman–Crippen LogP) is 4.28. The first-order chi connectivity index (χ1) is 11.1. The maximum atomic E-state index is 13.6. The quantitative estimate of drug-likeness (QED) is 0.914. The summed E-state index contributed by atoms with van der Waals surface area (Å²) in [6.07, 6.45) is 3.45. The first-order valence-corrected chi connectivity index (χ1v) is 7.86. The molecule has 1 aliphatic carbocycles. The molecule has 1 aliphatic rings. The Labute approximate surface area is 135 Å². The van der Waals surface area contributed by atoms with Gasteiger partial charge < -0.3 is 10.1 Å². The molecule has 2 aromatic carbocycles. The Bertz CT molecular complexity index is 691. The van der Waals surface area contributed by atoms with Crippen molar-refractivity contribution < 1.29 is 13.9 Å². The minimum atomic E-state index is -0.637. The highest BCUT2D eigenvalue weighted by Gasteiger charge is 2.42. The molecule has 0 bridgehead atoms. The van der Waals surface area contributed by atoms with Gasteiger partial charge in [-0.25, -0.2) is 4.39 Å². The van der Waals surface area contributed by atoms with Gasteiger partial charge in [0.05, 0.1) is 12.5 Å². The lowest BCUT2D eigenvalue weighted by molar-refractivity contribution is -0.121. The average Bonchev–Trinajstić information content (AvgIpc) is 3.06. The van der Waals surface area contributed by atoms with Crippen LogP contribution in [0.15, 0.2) is 48.5 Å². The number of ether oxygens (including phenoxy) is 1. The van der Waals surface area contributed by atoms with E-state index in [1.54, 1.807) is 25.3 Å². The maximum Gasteiger partial charge on any atom is 0.235 e. The Morgan fingerprint density at radius 1 is 1.13 bits per heavy atom. The summed E-state index contributed by atoms with van der Waals surface area (Å²) in [5.41, 5.74) is 0.849. The lowest BCUT2D eigenvalue weighted by Gasteiger charge is -2.28. The van der Waals surface area contributed by atoms with Crippen molar-refractivity contribution in [2.75, 3.05) is 12.4 Å². The number of nitrogens with one attached hydrogen (secondary N) is 1. The Morgan fingerprint density at radius 2 is 1.83 bits per heavy atom. The van der Waals surface area contributed by atoms with E-state index < -0.39 is 5.41 Å². The summed E-state index contributed by atoms with van der Waals surface area (Å²) in [5, 5.41) is 2.98. The Balaban J connectivity index is 1.87. The number of methoxy groups -OCH3 is 1. The number of benzene rings is 2. The van der Waals surface area contributed by atoms with Crippen LogP contribution in [0.5, 0.6) is 5.75 Å². The van der Waals surface area contributed by atoms with E-state index in [1.807, 2.05) is 18.2 Å². The van der Waals surface area contributed by atoms with Crippen LogP contribution in [-0.4, -0.2) is 13.0 Å². The Morgan fingerprint density at radius 3 is 2.43 bits per heavy atom. The van der Waals surface area contributed by atoms with E-state index in [0.717, 1.165) is 42.7 Å². The molecule has 4 heteroatoms. The first-order valence-electron chi connectivity index (χ1n) is 7.86. The molecule has 3 nitrogen and oxygen atoms in total. The van der Waals surface area contributed by atoms with Gasteiger partial charge in [0, 0.05) is 5.69 Å². The fraction of sp³-hybridized carbons (Fsp3) is 0.316. The third-order valence-corrected chi connectivity index (χ3v) is 4.62. The van der Waals surface area contributed by atoms with Crippen LogP contribution in [0.25, 0.3) is 0 Å². The summed E-state index contributed by atoms with van der Waals surface area (Å²) in [6, 6.07) is 13.6. The fourth-order valence-corrected chi connectivity index (χ4v) is 3.34. The van der Waals surface area contributed by atoms with Gasteiger partial charge in [0.25, 0.3) is 0 Å². The smallest absolute Gasteiger partial charge is 0.235 e. The van der Waals surface area contributed by atoms with Crippen LogP contribution in [0, 0.1) is 5.82 Å². The Kier molecular flexibility index (Phi) is 4.33. The van der Waals surface area contributed by atoms with Gasteiger partial charge in [-0.1, -0.05) is 25.0 Å². The van der Waals surface area contributed by atoms with E-state index in [0.29, 0.717) is 0 Å². The molecule has 23 heavy (non-hydrogen) atoms. The van der Waals surface area contributed by atoms with E-state index in [2.05, 4.69) is 5.32 Å². The molecule has 0 aromatic heterocycles. The molecule has 0 aliphatic heterocycles. The number of carbonyl (C=O) groups is 1. The minimum absolute atomic E-state index is 0.0641. The second-order valence-corrected chi connectivity index (χ2v) is 5.98. The molecule has 0 radical (unpaired) electrons. The van der Waals surface area contributed by atoms with E-state index in [9.17, 15) is 9.18 Å². The zero-order valence-corrected chi connectivity index (χ0v) is 13.1. The number of amides is 1. The molecule has 0 atom stereocenters. The third-order valence-electron chi connectivity index (χ3n) is 4.62. The monoisotopic (exact) mass is 313 g/mol. The van der Waals surface area contributed by atoms with Crippen molar-refractivity contribution in [2.45, 2.75) is 31.1 Å². The summed E-state index contributed by atoms with van der Waals surface area (Å²) in [4.78, 5) is 12.9. The van der Waals surface area contributed by atoms with Crippen LogP contribution < -0.4 is 10.1 Å². The molecule has 0 heterocycles. The summed E-state index contributed by atoms with van der Waals surface area (Å²) in [7, 11) is 1.60. The van der Waals surface area contributed by atoms with Crippen molar-refractivity contribution in [1.82, 2.24) is 0 Å². The van der Waals surface area contributed by atoms with Crippen LogP contribution in [0.4, 0.5) is 10.1 Å². The summed E-state index contributed by atoms with van der Waals surface area (Å²) < 4.78 is 18.7. The molecule has 1 N–H and O–H groups in total. The van der Waals surface area contributed by atoms with Gasteiger partial charge in [-0.2, -0.15) is 0 Å². The second kappa shape index (κ2) is 6.41. The van der Waals surface area contributed by atoms with Crippen molar-refractivity contribution in [3.8, 4) is 5.75 Å². The minimum Gasteiger partial charge on any atom is -0.497 e. The van der Waals surface area contributed by atoms with Gasteiger partial charge in [0.2, 0.25) is 5.91 Å². The molecule has 0 spiro atoms. The van der Waals surface area contributed by atoms with Crippen molar-refractivity contribution in [2.24, 2.45) is 0 Å². The molecule has 120 valence electrons. The zero-order chi connectivity index (χ0) is 16.3. The largest absolute Gasteiger partial charge is 0.497 e. The maximum absolute atomic E-state index is 13.6. The molecule has 0 unspecified atom stereocenters. The van der Waals surface area contributed by atoms with E-state index >= 15 is 0 Å². The van der Waals surface area contributed by atoms with Crippen LogP contribution in [0.3, 0.4) is 0 Å². The normalized spacial score (nSPS) is 16.1. The zero-order valence-electron chi connectivity index (χ0n) is 13.1. The number of hydrogen-bond acceptors (Lipinski definition) is 2. The van der Waals surface area contributed by atoms with Crippen molar-refractivity contribution in [3.63, 3.8) is 0 Å². The first kappa shape index (κ1) is 15.5. The molecular formula is C19H20FNO2. The summed E-state index contributed by atoms with van der Waals surface area (Å²) >= 11 is 0. The van der Waals surface area contributed by atoms with Crippen LogP contribution in [-0.2, 0) is 10.2 Å². The van der Waals surface area contributed by atoms with Crippen LogP contribution in [0.1, 0.15) is 31.2 Å². The lowest BCUT2D eigenvalue weighted by atomic mass is 9.78. The van der Waals surface area contributed by atoms with Crippen molar-refractivity contribution in [1.29, 1.82) is 0 Å². The lowest BCUT2D eigenvalue weighted by Crippen LogP contribution is -2.38. The number of anilines is 1. The van der Waals surface area contributed by atoms with Gasteiger partial charge in [-0.3, -0.25) is 4.79 Å². The molecule has 1 fully saturated rings. The van der Waals surface area contributed by atoms with E-state index in [4.69, 9.17) is 4.74 Å². The molecule has 1 amide bonds.